The van der Waals surface area contributed by atoms with E-state index in [-0.39, 0.29) is 11.9 Å². The first-order chi connectivity index (χ1) is 12.9. The third kappa shape index (κ3) is 7.28. The molecule has 2 rings (SSSR count). The van der Waals surface area contributed by atoms with E-state index in [1.165, 1.54) is 19.1 Å². The maximum atomic E-state index is 11.3. The third-order valence-electron chi connectivity index (χ3n) is 4.38. The summed E-state index contributed by atoms with van der Waals surface area (Å²) in [4.78, 5) is 4.58. The van der Waals surface area contributed by atoms with Gasteiger partial charge in [-0.1, -0.05) is 12.1 Å². The third-order valence-corrected chi connectivity index (χ3v) is 5.33. The number of sulfone groups is 1. The molecule has 2 N–H and O–H groups in total. The number of nitrogens with one attached hydrogen (secondary N) is 2. The summed E-state index contributed by atoms with van der Waals surface area (Å²) in [6.45, 7) is 3.38. The van der Waals surface area contributed by atoms with Gasteiger partial charge in [0.2, 0.25) is 0 Å². The zero-order chi connectivity index (χ0) is 19.7. The summed E-state index contributed by atoms with van der Waals surface area (Å²) in [7, 11) is -1.37. The van der Waals surface area contributed by atoms with Gasteiger partial charge in [0.15, 0.2) is 17.5 Å². The van der Waals surface area contributed by atoms with Crippen molar-refractivity contribution >= 4 is 15.8 Å². The van der Waals surface area contributed by atoms with Gasteiger partial charge in [0.25, 0.3) is 0 Å². The van der Waals surface area contributed by atoms with Crippen LogP contribution in [0, 0.1) is 0 Å². The van der Waals surface area contributed by atoms with E-state index < -0.39 is 9.84 Å². The Hall–Kier alpha value is -1.96. The van der Waals surface area contributed by atoms with Crippen molar-refractivity contribution in [3.05, 3.63) is 23.8 Å². The molecule has 0 aliphatic heterocycles. The van der Waals surface area contributed by atoms with Crippen molar-refractivity contribution in [1.82, 2.24) is 10.6 Å². The first-order valence-electron chi connectivity index (χ1n) is 9.45. The first-order valence-corrected chi connectivity index (χ1v) is 11.5. The molecule has 7 nitrogen and oxygen atoms in total. The van der Waals surface area contributed by atoms with Crippen molar-refractivity contribution in [3.8, 4) is 11.5 Å². The minimum absolute atomic E-state index is 0.0621. The van der Waals surface area contributed by atoms with Crippen molar-refractivity contribution in [1.29, 1.82) is 0 Å². The molecule has 1 aromatic rings. The Morgan fingerprint density at radius 3 is 2.63 bits per heavy atom. The minimum atomic E-state index is -3.01. The summed E-state index contributed by atoms with van der Waals surface area (Å²) in [6, 6.07) is 5.80. The van der Waals surface area contributed by atoms with Crippen LogP contribution >= 0.6 is 0 Å². The fraction of sp³-hybridized carbons (Fsp3) is 0.632. The van der Waals surface area contributed by atoms with Crippen molar-refractivity contribution < 1.29 is 17.9 Å². The van der Waals surface area contributed by atoms with Gasteiger partial charge in [-0.15, -0.1) is 0 Å². The molecule has 1 saturated carbocycles. The number of hydrogen-bond acceptors (Lipinski definition) is 5. The Bertz CT molecular complexity index is 728. The van der Waals surface area contributed by atoms with Gasteiger partial charge >= 0.3 is 0 Å². The fourth-order valence-electron chi connectivity index (χ4n) is 3.01. The lowest BCUT2D eigenvalue weighted by Crippen LogP contribution is -2.39. The average molecular weight is 398 g/mol. The van der Waals surface area contributed by atoms with Gasteiger partial charge in [0.05, 0.1) is 25.5 Å². The minimum Gasteiger partial charge on any atom is -0.493 e. The summed E-state index contributed by atoms with van der Waals surface area (Å²) in [5.74, 6) is 2.11. The Morgan fingerprint density at radius 1 is 1.26 bits per heavy atom. The zero-order valence-electron chi connectivity index (χ0n) is 16.5. The topological polar surface area (TPSA) is 89.0 Å². The van der Waals surface area contributed by atoms with E-state index in [1.54, 1.807) is 7.11 Å². The number of nitrogens with zero attached hydrogens (tertiary/aromatic N) is 1. The highest BCUT2D eigenvalue weighted by molar-refractivity contribution is 7.90. The first kappa shape index (κ1) is 21.3. The van der Waals surface area contributed by atoms with Crippen LogP contribution in [0.5, 0.6) is 11.5 Å². The Morgan fingerprint density at radius 2 is 2.00 bits per heavy atom. The number of hydrogen-bond donors (Lipinski definition) is 2. The smallest absolute Gasteiger partial charge is 0.191 e. The summed E-state index contributed by atoms with van der Waals surface area (Å²) < 4.78 is 34.3. The quantitative estimate of drug-likeness (QED) is 0.490. The Balaban J connectivity index is 2.11. The van der Waals surface area contributed by atoms with Crippen LogP contribution in [-0.2, 0) is 16.4 Å². The van der Waals surface area contributed by atoms with Crippen molar-refractivity contribution in [2.45, 2.75) is 45.3 Å². The average Bonchev–Trinajstić information content (AvgIpc) is 3.12. The molecule has 0 saturated heterocycles. The highest BCUT2D eigenvalue weighted by Gasteiger charge is 2.20. The molecular formula is C19H31N3O4S. The van der Waals surface area contributed by atoms with E-state index in [0.29, 0.717) is 31.3 Å². The number of guanidine groups is 1. The van der Waals surface area contributed by atoms with Crippen LogP contribution in [0.2, 0.25) is 0 Å². The number of para-hydroxylation sites is 1. The van der Waals surface area contributed by atoms with Crippen LogP contribution in [0.25, 0.3) is 0 Å². The van der Waals surface area contributed by atoms with Gasteiger partial charge in [-0.25, -0.2) is 13.4 Å². The van der Waals surface area contributed by atoms with Gasteiger partial charge in [-0.3, -0.25) is 0 Å². The van der Waals surface area contributed by atoms with E-state index in [9.17, 15) is 8.42 Å². The molecule has 1 aliphatic rings. The number of methoxy groups -OCH3 is 1. The molecule has 0 amide bonds. The molecule has 27 heavy (non-hydrogen) atoms. The number of benzene rings is 1. The van der Waals surface area contributed by atoms with E-state index in [4.69, 9.17) is 9.47 Å². The highest BCUT2D eigenvalue weighted by Crippen LogP contribution is 2.35. The molecule has 152 valence electrons. The van der Waals surface area contributed by atoms with Gasteiger partial charge in [-0.2, -0.15) is 0 Å². The Kier molecular flexibility index (Phi) is 8.22. The van der Waals surface area contributed by atoms with Gasteiger partial charge < -0.3 is 20.1 Å². The number of aliphatic imine (C=N–C) groups is 1. The van der Waals surface area contributed by atoms with Crippen LogP contribution in [0.4, 0.5) is 0 Å². The summed E-state index contributed by atoms with van der Waals surface area (Å²) in [5.41, 5.74) is 0.946. The molecule has 0 atom stereocenters. The largest absolute Gasteiger partial charge is 0.493 e. The van der Waals surface area contributed by atoms with Gasteiger partial charge in [0.1, 0.15) is 9.84 Å². The predicted octanol–water partition coefficient (Wildman–Crippen LogP) is 2.12. The van der Waals surface area contributed by atoms with Crippen LogP contribution in [0.3, 0.4) is 0 Å². The maximum absolute atomic E-state index is 11.3. The van der Waals surface area contributed by atoms with E-state index in [2.05, 4.69) is 15.6 Å². The molecule has 0 unspecified atom stereocenters. The molecule has 0 aromatic heterocycles. The van der Waals surface area contributed by atoms with Crippen LogP contribution in [-0.4, -0.2) is 52.7 Å². The standard InChI is InChI=1S/C19H31N3O4S/c1-4-20-19(21-12-13-27(3,23)24)22-14-15-8-7-11-17(25-2)18(15)26-16-9-5-6-10-16/h7-8,11,16H,4-6,9-10,12-14H2,1-3H3,(H2,20,21,22). The van der Waals surface area contributed by atoms with Crippen LogP contribution in [0.1, 0.15) is 38.2 Å². The molecule has 0 heterocycles. The normalized spacial score (nSPS) is 15.6. The van der Waals surface area contributed by atoms with Crippen LogP contribution < -0.4 is 20.1 Å². The summed E-state index contributed by atoms with van der Waals surface area (Å²) >= 11 is 0. The summed E-state index contributed by atoms with van der Waals surface area (Å²) in [6.07, 6.45) is 5.98. The number of ether oxygens (including phenoxy) is 2. The number of rotatable bonds is 9. The lowest BCUT2D eigenvalue weighted by molar-refractivity contribution is 0.198. The molecule has 1 fully saturated rings. The lowest BCUT2D eigenvalue weighted by Gasteiger charge is -2.19. The van der Waals surface area contributed by atoms with E-state index >= 15 is 0 Å². The molecule has 0 radical (unpaired) electrons. The van der Waals surface area contributed by atoms with E-state index in [0.717, 1.165) is 24.2 Å². The Labute approximate surface area is 162 Å². The fourth-order valence-corrected chi connectivity index (χ4v) is 3.49. The second-order valence-electron chi connectivity index (χ2n) is 6.72. The van der Waals surface area contributed by atoms with Crippen molar-refractivity contribution in [2.75, 3.05) is 32.2 Å². The SMILES string of the molecule is CCNC(=NCc1cccc(OC)c1OC1CCCC1)NCCS(C)(=O)=O. The van der Waals surface area contributed by atoms with Crippen molar-refractivity contribution in [3.63, 3.8) is 0 Å². The molecule has 8 heteroatoms. The monoisotopic (exact) mass is 397 g/mol. The summed E-state index contributed by atoms with van der Waals surface area (Å²) in [5, 5.41) is 6.19. The molecule has 1 aromatic carbocycles. The molecular weight excluding hydrogens is 366 g/mol. The van der Waals surface area contributed by atoms with Crippen LogP contribution in [0.15, 0.2) is 23.2 Å². The molecule has 0 bridgehead atoms. The highest BCUT2D eigenvalue weighted by atomic mass is 32.2. The zero-order valence-corrected chi connectivity index (χ0v) is 17.3. The maximum Gasteiger partial charge on any atom is 0.191 e. The second kappa shape index (κ2) is 10.4. The lowest BCUT2D eigenvalue weighted by atomic mass is 10.1. The molecule has 0 spiro atoms. The predicted molar refractivity (Wildman–Crippen MR) is 108 cm³/mol. The molecule has 1 aliphatic carbocycles. The van der Waals surface area contributed by atoms with Gasteiger partial charge in [0, 0.05) is 24.9 Å². The second-order valence-corrected chi connectivity index (χ2v) is 8.98. The van der Waals surface area contributed by atoms with E-state index in [1.807, 2.05) is 25.1 Å². The van der Waals surface area contributed by atoms with Gasteiger partial charge in [-0.05, 0) is 38.7 Å². The van der Waals surface area contributed by atoms with Crippen molar-refractivity contribution in [2.24, 2.45) is 4.99 Å².